The first kappa shape index (κ1) is 18.2. The highest BCUT2D eigenvalue weighted by molar-refractivity contribution is 6.04. The van der Waals surface area contributed by atoms with Gasteiger partial charge in [0.25, 0.3) is 5.91 Å². The van der Waals surface area contributed by atoms with Crippen LogP contribution in [0.1, 0.15) is 15.9 Å². The van der Waals surface area contributed by atoms with Crippen LogP contribution in [0.15, 0.2) is 40.8 Å². The highest BCUT2D eigenvalue weighted by Gasteiger charge is 2.18. The first-order valence-corrected chi connectivity index (χ1v) is 8.08. The van der Waals surface area contributed by atoms with Crippen molar-refractivity contribution in [2.24, 2.45) is 0 Å². The van der Waals surface area contributed by atoms with Gasteiger partial charge in [0.1, 0.15) is 0 Å². The summed E-state index contributed by atoms with van der Waals surface area (Å²) < 4.78 is 21.5. The van der Waals surface area contributed by atoms with E-state index in [2.05, 4.69) is 15.5 Å². The molecule has 0 radical (unpaired) electrons. The Labute approximate surface area is 156 Å². The predicted octanol–water partition coefficient (Wildman–Crippen LogP) is 3.32. The van der Waals surface area contributed by atoms with Crippen molar-refractivity contribution in [3.05, 3.63) is 47.5 Å². The van der Waals surface area contributed by atoms with Crippen molar-refractivity contribution >= 4 is 11.9 Å². The van der Waals surface area contributed by atoms with Crippen molar-refractivity contribution < 1.29 is 23.4 Å². The summed E-state index contributed by atoms with van der Waals surface area (Å²) in [6, 6.07) is 10.6. The number of ether oxygens (including phenoxy) is 3. The maximum atomic E-state index is 12.4. The second kappa shape index (κ2) is 7.77. The van der Waals surface area contributed by atoms with Gasteiger partial charge >= 0.3 is 6.01 Å². The topological polar surface area (TPSA) is 95.7 Å². The molecule has 0 spiro atoms. The third-order valence-corrected chi connectivity index (χ3v) is 3.95. The van der Waals surface area contributed by atoms with Gasteiger partial charge in [0.15, 0.2) is 11.5 Å². The summed E-state index contributed by atoms with van der Waals surface area (Å²) in [4.78, 5) is 12.4. The van der Waals surface area contributed by atoms with E-state index in [-0.39, 0.29) is 17.8 Å². The molecule has 0 aliphatic carbocycles. The van der Waals surface area contributed by atoms with E-state index in [9.17, 15) is 4.79 Å². The minimum absolute atomic E-state index is 0.00740. The van der Waals surface area contributed by atoms with Crippen LogP contribution in [-0.4, -0.2) is 37.4 Å². The molecule has 0 bridgehead atoms. The molecule has 0 saturated carbocycles. The monoisotopic (exact) mass is 369 g/mol. The van der Waals surface area contributed by atoms with E-state index >= 15 is 0 Å². The molecule has 0 saturated heterocycles. The molecular weight excluding hydrogens is 350 g/mol. The Kier molecular flexibility index (Phi) is 5.25. The molecule has 140 valence electrons. The molecule has 0 atom stereocenters. The molecule has 1 amide bonds. The lowest BCUT2D eigenvalue weighted by molar-refractivity contribution is 0.102. The normalized spacial score (nSPS) is 10.4. The maximum absolute atomic E-state index is 12.4. The zero-order chi connectivity index (χ0) is 19.4. The Balaban J connectivity index is 1.88. The summed E-state index contributed by atoms with van der Waals surface area (Å²) in [6.07, 6.45) is 0. The molecule has 0 aliphatic rings. The van der Waals surface area contributed by atoms with Crippen LogP contribution < -0.4 is 19.5 Å². The molecule has 8 nitrogen and oxygen atoms in total. The zero-order valence-corrected chi connectivity index (χ0v) is 15.4. The van der Waals surface area contributed by atoms with E-state index in [4.69, 9.17) is 18.6 Å². The Hall–Kier alpha value is -3.55. The summed E-state index contributed by atoms with van der Waals surface area (Å²) in [6.45, 7) is 1.85. The van der Waals surface area contributed by atoms with E-state index in [1.54, 1.807) is 24.3 Å². The number of nitrogens with zero attached hydrogens (tertiary/aromatic N) is 2. The third-order valence-electron chi connectivity index (χ3n) is 3.95. The lowest BCUT2D eigenvalue weighted by Crippen LogP contribution is -2.13. The SMILES string of the molecule is COc1cc(-c2nnc(NC(=O)c3ccccc3C)o2)cc(OC)c1OC. The molecule has 2 aromatic carbocycles. The molecule has 8 heteroatoms. The van der Waals surface area contributed by atoms with Gasteiger partial charge in [0, 0.05) is 11.1 Å². The number of hydrogen-bond donors (Lipinski definition) is 1. The van der Waals surface area contributed by atoms with Crippen LogP contribution in [0.2, 0.25) is 0 Å². The molecule has 1 aromatic heterocycles. The van der Waals surface area contributed by atoms with Crippen LogP contribution in [0.4, 0.5) is 6.01 Å². The van der Waals surface area contributed by atoms with Crippen molar-refractivity contribution in [3.8, 4) is 28.7 Å². The van der Waals surface area contributed by atoms with Gasteiger partial charge < -0.3 is 18.6 Å². The minimum atomic E-state index is -0.326. The van der Waals surface area contributed by atoms with Crippen molar-refractivity contribution in [1.29, 1.82) is 0 Å². The van der Waals surface area contributed by atoms with Gasteiger partial charge in [-0.15, -0.1) is 5.10 Å². The van der Waals surface area contributed by atoms with Crippen molar-refractivity contribution in [2.75, 3.05) is 26.6 Å². The number of anilines is 1. The Bertz CT molecular complexity index is 942. The summed E-state index contributed by atoms with van der Waals surface area (Å²) in [5.74, 6) is 1.24. The number of carbonyl (C=O) groups excluding carboxylic acids is 1. The second-order valence-electron chi connectivity index (χ2n) is 5.60. The highest BCUT2D eigenvalue weighted by atomic mass is 16.5. The van der Waals surface area contributed by atoms with Crippen LogP contribution in [0.25, 0.3) is 11.5 Å². The van der Waals surface area contributed by atoms with E-state index in [0.717, 1.165) is 5.56 Å². The smallest absolute Gasteiger partial charge is 0.322 e. The first-order chi connectivity index (χ1) is 13.1. The molecule has 1 heterocycles. The Morgan fingerprint density at radius 2 is 1.67 bits per heavy atom. The number of hydrogen-bond acceptors (Lipinski definition) is 7. The van der Waals surface area contributed by atoms with Gasteiger partial charge in [-0.3, -0.25) is 10.1 Å². The fourth-order valence-corrected chi connectivity index (χ4v) is 2.59. The van der Waals surface area contributed by atoms with E-state index in [1.807, 2.05) is 19.1 Å². The number of methoxy groups -OCH3 is 3. The number of aryl methyl sites for hydroxylation is 1. The van der Waals surface area contributed by atoms with Gasteiger partial charge in [-0.05, 0) is 30.7 Å². The van der Waals surface area contributed by atoms with Gasteiger partial charge in [-0.2, -0.15) is 0 Å². The summed E-state index contributed by atoms with van der Waals surface area (Å²) in [5.41, 5.74) is 1.94. The fraction of sp³-hybridized carbons (Fsp3) is 0.211. The number of carbonyl (C=O) groups is 1. The molecule has 3 rings (SSSR count). The number of nitrogens with one attached hydrogen (secondary N) is 1. The van der Waals surface area contributed by atoms with E-state index in [1.165, 1.54) is 21.3 Å². The number of benzene rings is 2. The fourth-order valence-electron chi connectivity index (χ4n) is 2.59. The van der Waals surface area contributed by atoms with Crippen molar-refractivity contribution in [2.45, 2.75) is 6.92 Å². The molecule has 0 unspecified atom stereocenters. The second-order valence-corrected chi connectivity index (χ2v) is 5.60. The summed E-state index contributed by atoms with van der Waals surface area (Å²) >= 11 is 0. The quantitative estimate of drug-likeness (QED) is 0.712. The van der Waals surface area contributed by atoms with Gasteiger partial charge in [0.2, 0.25) is 11.6 Å². The predicted molar refractivity (Wildman–Crippen MR) is 98.5 cm³/mol. The van der Waals surface area contributed by atoms with Crippen LogP contribution in [-0.2, 0) is 0 Å². The standard InChI is InChI=1S/C19H19N3O5/c1-11-7-5-6-8-13(11)17(23)20-19-22-21-18(27-19)12-9-14(24-2)16(26-4)15(10-12)25-3/h5-10H,1-4H3,(H,20,22,23). The van der Waals surface area contributed by atoms with Gasteiger partial charge in [-0.25, -0.2) is 0 Å². The Morgan fingerprint density at radius 1 is 1.00 bits per heavy atom. The summed E-state index contributed by atoms with van der Waals surface area (Å²) in [7, 11) is 4.55. The summed E-state index contributed by atoms with van der Waals surface area (Å²) in [5, 5.41) is 10.5. The molecule has 1 N–H and O–H groups in total. The average molecular weight is 369 g/mol. The van der Waals surface area contributed by atoms with Crippen LogP contribution in [0.3, 0.4) is 0 Å². The number of aromatic nitrogens is 2. The molecule has 0 aliphatic heterocycles. The van der Waals surface area contributed by atoms with Crippen LogP contribution in [0.5, 0.6) is 17.2 Å². The van der Waals surface area contributed by atoms with Crippen LogP contribution in [0, 0.1) is 6.92 Å². The molecular formula is C19H19N3O5. The average Bonchev–Trinajstić information content (AvgIpc) is 3.15. The zero-order valence-electron chi connectivity index (χ0n) is 15.4. The number of rotatable bonds is 6. The van der Waals surface area contributed by atoms with Crippen LogP contribution >= 0.6 is 0 Å². The lowest BCUT2D eigenvalue weighted by atomic mass is 10.1. The maximum Gasteiger partial charge on any atom is 0.322 e. The van der Waals surface area contributed by atoms with Crippen molar-refractivity contribution in [3.63, 3.8) is 0 Å². The molecule has 27 heavy (non-hydrogen) atoms. The lowest BCUT2D eigenvalue weighted by Gasteiger charge is -2.12. The van der Waals surface area contributed by atoms with Gasteiger partial charge in [0.05, 0.1) is 21.3 Å². The van der Waals surface area contributed by atoms with Gasteiger partial charge in [-0.1, -0.05) is 23.3 Å². The highest BCUT2D eigenvalue weighted by Crippen LogP contribution is 2.41. The molecule has 3 aromatic rings. The number of amides is 1. The third kappa shape index (κ3) is 3.69. The van der Waals surface area contributed by atoms with Crippen molar-refractivity contribution in [1.82, 2.24) is 10.2 Å². The largest absolute Gasteiger partial charge is 0.493 e. The minimum Gasteiger partial charge on any atom is -0.493 e. The first-order valence-electron chi connectivity index (χ1n) is 8.08. The molecule has 0 fully saturated rings. The van der Waals surface area contributed by atoms with E-state index in [0.29, 0.717) is 28.4 Å². The Morgan fingerprint density at radius 3 is 2.26 bits per heavy atom. The van der Waals surface area contributed by atoms with E-state index < -0.39 is 0 Å².